The summed E-state index contributed by atoms with van der Waals surface area (Å²) in [4.78, 5) is 9.89. The fourth-order valence-corrected chi connectivity index (χ4v) is 1.68. The SMILES string of the molecule is O=[N+]([O-])c1cc(I)c(Cl)c(CO)c1. The van der Waals surface area contributed by atoms with Gasteiger partial charge in [0.05, 0.1) is 16.6 Å². The Bertz CT molecular complexity index is 356. The molecule has 0 radical (unpaired) electrons. The Labute approximate surface area is 92.8 Å². The number of aliphatic hydroxyl groups is 1. The van der Waals surface area contributed by atoms with Gasteiger partial charge in [0, 0.05) is 21.3 Å². The third-order valence-corrected chi connectivity index (χ3v) is 3.09. The highest BCUT2D eigenvalue weighted by Gasteiger charge is 2.12. The second kappa shape index (κ2) is 4.21. The van der Waals surface area contributed by atoms with Gasteiger partial charge in [-0.2, -0.15) is 0 Å². The summed E-state index contributed by atoms with van der Waals surface area (Å²) in [5.41, 5.74) is 0.318. The van der Waals surface area contributed by atoms with Crippen molar-refractivity contribution in [2.75, 3.05) is 0 Å². The number of rotatable bonds is 2. The van der Waals surface area contributed by atoms with E-state index in [1.807, 2.05) is 22.6 Å². The quantitative estimate of drug-likeness (QED) is 0.518. The Kier molecular flexibility index (Phi) is 3.46. The van der Waals surface area contributed by atoms with Crippen LogP contribution in [0.15, 0.2) is 12.1 Å². The molecule has 1 aromatic rings. The summed E-state index contributed by atoms with van der Waals surface area (Å²) in [6, 6.07) is 2.63. The molecule has 70 valence electrons. The van der Waals surface area contributed by atoms with E-state index in [0.717, 1.165) is 0 Å². The maximum absolute atomic E-state index is 10.4. The molecule has 0 unspecified atom stereocenters. The first-order chi connectivity index (χ1) is 6.06. The first-order valence-electron chi connectivity index (χ1n) is 3.29. The van der Waals surface area contributed by atoms with Crippen LogP contribution in [0.5, 0.6) is 0 Å². The van der Waals surface area contributed by atoms with Crippen molar-refractivity contribution in [2.45, 2.75) is 6.61 Å². The topological polar surface area (TPSA) is 63.4 Å². The van der Waals surface area contributed by atoms with Gasteiger partial charge in [0.1, 0.15) is 0 Å². The van der Waals surface area contributed by atoms with Crippen LogP contribution in [-0.2, 0) is 6.61 Å². The number of aliphatic hydroxyl groups excluding tert-OH is 1. The van der Waals surface area contributed by atoms with Crippen LogP contribution in [0.3, 0.4) is 0 Å². The normalized spacial score (nSPS) is 10.1. The molecular formula is C7H5ClINO3. The average molecular weight is 313 g/mol. The lowest BCUT2D eigenvalue weighted by atomic mass is 10.2. The molecule has 0 fully saturated rings. The molecule has 0 bridgehead atoms. The van der Waals surface area contributed by atoms with Crippen LogP contribution in [0.2, 0.25) is 5.02 Å². The van der Waals surface area contributed by atoms with E-state index in [9.17, 15) is 10.1 Å². The predicted octanol–water partition coefficient (Wildman–Crippen LogP) is 2.35. The first kappa shape index (κ1) is 10.7. The van der Waals surface area contributed by atoms with Gasteiger partial charge in [-0.25, -0.2) is 0 Å². The van der Waals surface area contributed by atoms with Gasteiger partial charge in [-0.05, 0) is 22.6 Å². The summed E-state index contributed by atoms with van der Waals surface area (Å²) < 4.78 is 0.567. The van der Waals surface area contributed by atoms with E-state index in [1.54, 1.807) is 0 Å². The largest absolute Gasteiger partial charge is 0.392 e. The number of hydrogen-bond donors (Lipinski definition) is 1. The fourth-order valence-electron chi connectivity index (χ4n) is 0.851. The molecule has 1 aromatic carbocycles. The van der Waals surface area contributed by atoms with Gasteiger partial charge in [-0.3, -0.25) is 10.1 Å². The van der Waals surface area contributed by atoms with Crippen molar-refractivity contribution in [3.8, 4) is 0 Å². The maximum atomic E-state index is 10.4. The molecule has 0 spiro atoms. The van der Waals surface area contributed by atoms with E-state index in [4.69, 9.17) is 16.7 Å². The first-order valence-corrected chi connectivity index (χ1v) is 4.75. The minimum atomic E-state index is -0.516. The molecule has 0 amide bonds. The molecule has 4 nitrogen and oxygen atoms in total. The molecule has 0 aliphatic rings. The summed E-state index contributed by atoms with van der Waals surface area (Å²) in [5.74, 6) is 0. The zero-order valence-electron chi connectivity index (χ0n) is 6.33. The van der Waals surface area contributed by atoms with E-state index >= 15 is 0 Å². The minimum Gasteiger partial charge on any atom is -0.392 e. The lowest BCUT2D eigenvalue weighted by Gasteiger charge is -2.02. The molecule has 0 aromatic heterocycles. The summed E-state index contributed by atoms with van der Waals surface area (Å²) in [5, 5.41) is 19.6. The zero-order chi connectivity index (χ0) is 10.0. The van der Waals surface area contributed by atoms with E-state index < -0.39 is 4.92 Å². The van der Waals surface area contributed by atoms with E-state index in [-0.39, 0.29) is 12.3 Å². The van der Waals surface area contributed by atoms with Gasteiger partial charge in [0.2, 0.25) is 0 Å². The molecular weight excluding hydrogens is 308 g/mol. The Balaban J connectivity index is 3.30. The molecule has 13 heavy (non-hydrogen) atoms. The molecule has 0 aliphatic heterocycles. The van der Waals surface area contributed by atoms with Crippen molar-refractivity contribution in [1.82, 2.24) is 0 Å². The second-order valence-corrected chi connectivity index (χ2v) is 3.86. The minimum absolute atomic E-state index is 0.0575. The fraction of sp³-hybridized carbons (Fsp3) is 0.143. The van der Waals surface area contributed by atoms with Crippen LogP contribution < -0.4 is 0 Å². The van der Waals surface area contributed by atoms with Crippen LogP contribution in [-0.4, -0.2) is 10.0 Å². The molecule has 0 atom stereocenters. The zero-order valence-corrected chi connectivity index (χ0v) is 9.24. The molecule has 0 saturated heterocycles. The van der Waals surface area contributed by atoms with Crippen LogP contribution >= 0.6 is 34.2 Å². The van der Waals surface area contributed by atoms with Crippen LogP contribution in [0.4, 0.5) is 5.69 Å². The van der Waals surface area contributed by atoms with Crippen molar-refractivity contribution in [3.63, 3.8) is 0 Å². The summed E-state index contributed by atoms with van der Waals surface area (Å²) >= 11 is 7.66. The van der Waals surface area contributed by atoms with E-state index in [0.29, 0.717) is 14.2 Å². The Morgan fingerprint density at radius 1 is 1.62 bits per heavy atom. The smallest absolute Gasteiger partial charge is 0.270 e. The lowest BCUT2D eigenvalue weighted by Crippen LogP contribution is -1.94. The molecule has 1 N–H and O–H groups in total. The van der Waals surface area contributed by atoms with Crippen molar-refractivity contribution in [2.24, 2.45) is 0 Å². The standard InChI is InChI=1S/C7H5ClINO3/c8-7-4(3-11)1-5(10(12)13)2-6(7)9/h1-2,11H,3H2. The number of nitrogens with zero attached hydrogens (tertiary/aromatic N) is 1. The van der Waals surface area contributed by atoms with Crippen LogP contribution in [0.25, 0.3) is 0 Å². The Morgan fingerprint density at radius 3 is 2.69 bits per heavy atom. The highest BCUT2D eigenvalue weighted by molar-refractivity contribution is 14.1. The molecule has 1 rings (SSSR count). The highest BCUT2D eigenvalue weighted by atomic mass is 127. The van der Waals surface area contributed by atoms with Crippen molar-refractivity contribution in [3.05, 3.63) is 36.4 Å². The average Bonchev–Trinajstić information content (AvgIpc) is 2.09. The van der Waals surface area contributed by atoms with Crippen molar-refractivity contribution in [1.29, 1.82) is 0 Å². The second-order valence-electron chi connectivity index (χ2n) is 2.32. The van der Waals surface area contributed by atoms with Gasteiger partial charge in [-0.1, -0.05) is 11.6 Å². The molecule has 0 heterocycles. The van der Waals surface area contributed by atoms with Gasteiger partial charge in [0.15, 0.2) is 0 Å². The van der Waals surface area contributed by atoms with Gasteiger partial charge >= 0.3 is 0 Å². The number of hydrogen-bond acceptors (Lipinski definition) is 3. The monoisotopic (exact) mass is 313 g/mol. The number of nitro benzene ring substituents is 1. The van der Waals surface area contributed by atoms with Crippen LogP contribution in [0.1, 0.15) is 5.56 Å². The number of non-ortho nitro benzene ring substituents is 1. The van der Waals surface area contributed by atoms with E-state index in [1.165, 1.54) is 12.1 Å². The molecule has 0 saturated carbocycles. The van der Waals surface area contributed by atoms with Gasteiger partial charge < -0.3 is 5.11 Å². The van der Waals surface area contributed by atoms with Crippen molar-refractivity contribution < 1.29 is 10.0 Å². The summed E-state index contributed by atoms with van der Waals surface area (Å²) in [7, 11) is 0. The third kappa shape index (κ3) is 2.29. The third-order valence-electron chi connectivity index (χ3n) is 1.47. The Hall–Kier alpha value is -0.400. The predicted molar refractivity (Wildman–Crippen MR) is 56.7 cm³/mol. The van der Waals surface area contributed by atoms with Gasteiger partial charge in [-0.15, -0.1) is 0 Å². The summed E-state index contributed by atoms with van der Waals surface area (Å²) in [6.07, 6.45) is 0. The molecule has 0 aliphatic carbocycles. The van der Waals surface area contributed by atoms with Crippen LogP contribution in [0, 0.1) is 13.7 Å². The maximum Gasteiger partial charge on any atom is 0.270 e. The number of halogens is 2. The lowest BCUT2D eigenvalue weighted by molar-refractivity contribution is -0.385. The van der Waals surface area contributed by atoms with Crippen molar-refractivity contribution >= 4 is 39.9 Å². The summed E-state index contributed by atoms with van der Waals surface area (Å²) in [6.45, 7) is -0.295. The molecule has 6 heteroatoms. The van der Waals surface area contributed by atoms with E-state index in [2.05, 4.69) is 0 Å². The number of nitro groups is 1. The highest BCUT2D eigenvalue weighted by Crippen LogP contribution is 2.28. The Morgan fingerprint density at radius 2 is 2.23 bits per heavy atom. The van der Waals surface area contributed by atoms with Gasteiger partial charge in [0.25, 0.3) is 5.69 Å². The number of benzene rings is 1.